The van der Waals surface area contributed by atoms with Crippen molar-refractivity contribution in [3.05, 3.63) is 56.2 Å². The number of hydrogen-bond acceptors (Lipinski definition) is 3. The summed E-state index contributed by atoms with van der Waals surface area (Å²) in [5.41, 5.74) is 2.58. The number of hydrogen-bond donors (Lipinski definition) is 1. The molecule has 1 N–H and O–H groups in total. The zero-order valence-corrected chi connectivity index (χ0v) is 13.4. The third-order valence-electron chi connectivity index (χ3n) is 2.82. The average Bonchev–Trinajstić information content (AvgIpc) is 2.83. The lowest BCUT2D eigenvalue weighted by Crippen LogP contribution is -2.13. The van der Waals surface area contributed by atoms with Crippen LogP contribution in [-0.4, -0.2) is 6.61 Å². The van der Waals surface area contributed by atoms with Crippen LogP contribution in [0.25, 0.3) is 0 Å². The van der Waals surface area contributed by atoms with Crippen molar-refractivity contribution in [1.29, 1.82) is 0 Å². The summed E-state index contributed by atoms with van der Waals surface area (Å²) in [7, 11) is 0. The van der Waals surface area contributed by atoms with E-state index in [1.807, 2.05) is 6.92 Å². The summed E-state index contributed by atoms with van der Waals surface area (Å²) in [5, 5.41) is 5.59. The normalized spacial score (nSPS) is 10.8. The van der Waals surface area contributed by atoms with Crippen LogP contribution in [0.5, 0.6) is 0 Å². The van der Waals surface area contributed by atoms with Crippen molar-refractivity contribution in [3.63, 3.8) is 0 Å². The standard InChI is InChI=1S/C15H18BrNOS/c1-2-18-10-13-6-4-3-5-12(13)8-17-9-15-7-14(16)11-19-15/h3-7,11,17H,2,8-10H2,1H3. The predicted molar refractivity (Wildman–Crippen MR) is 84.3 cm³/mol. The van der Waals surface area contributed by atoms with E-state index in [0.717, 1.165) is 24.2 Å². The molecule has 2 rings (SSSR count). The Bertz CT molecular complexity index is 512. The summed E-state index contributed by atoms with van der Waals surface area (Å²) in [4.78, 5) is 1.34. The Balaban J connectivity index is 1.88. The Morgan fingerprint density at radius 3 is 2.68 bits per heavy atom. The van der Waals surface area contributed by atoms with Gasteiger partial charge >= 0.3 is 0 Å². The van der Waals surface area contributed by atoms with E-state index in [4.69, 9.17) is 4.74 Å². The maximum atomic E-state index is 5.50. The SMILES string of the molecule is CCOCc1ccccc1CNCc1cc(Br)cs1. The third kappa shape index (κ3) is 4.73. The van der Waals surface area contributed by atoms with Crippen molar-refractivity contribution < 1.29 is 4.74 Å². The van der Waals surface area contributed by atoms with Gasteiger partial charge in [0.05, 0.1) is 6.61 Å². The predicted octanol–water partition coefficient (Wildman–Crippen LogP) is 4.34. The van der Waals surface area contributed by atoms with E-state index in [0.29, 0.717) is 6.61 Å². The van der Waals surface area contributed by atoms with Gasteiger partial charge < -0.3 is 10.1 Å². The zero-order valence-electron chi connectivity index (χ0n) is 11.0. The van der Waals surface area contributed by atoms with E-state index < -0.39 is 0 Å². The summed E-state index contributed by atoms with van der Waals surface area (Å²) in [6.07, 6.45) is 0. The summed E-state index contributed by atoms with van der Waals surface area (Å²) in [6, 6.07) is 10.6. The van der Waals surface area contributed by atoms with Gasteiger partial charge in [-0.2, -0.15) is 0 Å². The summed E-state index contributed by atoms with van der Waals surface area (Å²) < 4.78 is 6.65. The van der Waals surface area contributed by atoms with Gasteiger partial charge in [-0.25, -0.2) is 0 Å². The molecule has 1 heterocycles. The van der Waals surface area contributed by atoms with Crippen LogP contribution < -0.4 is 5.32 Å². The van der Waals surface area contributed by atoms with Crippen LogP contribution >= 0.6 is 27.3 Å². The highest BCUT2D eigenvalue weighted by Gasteiger charge is 2.02. The van der Waals surface area contributed by atoms with E-state index >= 15 is 0 Å². The van der Waals surface area contributed by atoms with Crippen LogP contribution in [0.2, 0.25) is 0 Å². The minimum Gasteiger partial charge on any atom is -0.377 e. The first kappa shape index (κ1) is 14.7. The van der Waals surface area contributed by atoms with E-state index in [9.17, 15) is 0 Å². The number of benzene rings is 1. The Morgan fingerprint density at radius 1 is 1.21 bits per heavy atom. The average molecular weight is 340 g/mol. The lowest BCUT2D eigenvalue weighted by atomic mass is 10.1. The molecule has 0 atom stereocenters. The zero-order chi connectivity index (χ0) is 13.5. The van der Waals surface area contributed by atoms with Gasteiger partial charge in [0.25, 0.3) is 0 Å². The maximum absolute atomic E-state index is 5.50. The number of thiophene rings is 1. The highest BCUT2D eigenvalue weighted by Crippen LogP contribution is 2.19. The Labute approximate surface area is 126 Å². The van der Waals surface area contributed by atoms with Crippen molar-refractivity contribution in [2.45, 2.75) is 26.6 Å². The summed E-state index contributed by atoms with van der Waals surface area (Å²) in [5.74, 6) is 0. The molecule has 0 unspecified atom stereocenters. The minimum absolute atomic E-state index is 0.693. The Morgan fingerprint density at radius 2 is 2.00 bits per heavy atom. The first-order valence-corrected chi connectivity index (χ1v) is 8.05. The van der Waals surface area contributed by atoms with Gasteiger partial charge in [0.2, 0.25) is 0 Å². The topological polar surface area (TPSA) is 21.3 Å². The van der Waals surface area contributed by atoms with Crippen molar-refractivity contribution in [2.75, 3.05) is 6.61 Å². The van der Waals surface area contributed by atoms with E-state index in [2.05, 4.69) is 57.0 Å². The van der Waals surface area contributed by atoms with Gasteiger partial charge in [0.15, 0.2) is 0 Å². The molecule has 0 saturated carbocycles. The van der Waals surface area contributed by atoms with Crippen LogP contribution in [0, 0.1) is 0 Å². The number of rotatable bonds is 7. The smallest absolute Gasteiger partial charge is 0.0719 e. The summed E-state index contributed by atoms with van der Waals surface area (Å²) in [6.45, 7) is 5.25. The van der Waals surface area contributed by atoms with Crippen molar-refractivity contribution in [1.82, 2.24) is 5.32 Å². The molecule has 102 valence electrons. The van der Waals surface area contributed by atoms with Gasteiger partial charge in [-0.1, -0.05) is 24.3 Å². The van der Waals surface area contributed by atoms with E-state index in [1.54, 1.807) is 11.3 Å². The van der Waals surface area contributed by atoms with Gasteiger partial charge in [-0.15, -0.1) is 11.3 Å². The molecular formula is C15H18BrNOS. The maximum Gasteiger partial charge on any atom is 0.0719 e. The highest BCUT2D eigenvalue weighted by atomic mass is 79.9. The van der Waals surface area contributed by atoms with Crippen molar-refractivity contribution >= 4 is 27.3 Å². The fraction of sp³-hybridized carbons (Fsp3) is 0.333. The van der Waals surface area contributed by atoms with Gasteiger partial charge in [-0.05, 0) is 40.0 Å². The molecule has 2 aromatic rings. The molecule has 0 bridgehead atoms. The fourth-order valence-electron chi connectivity index (χ4n) is 1.85. The van der Waals surface area contributed by atoms with Crippen molar-refractivity contribution in [3.8, 4) is 0 Å². The van der Waals surface area contributed by atoms with Gasteiger partial charge in [0, 0.05) is 34.4 Å². The number of nitrogens with one attached hydrogen (secondary N) is 1. The molecule has 19 heavy (non-hydrogen) atoms. The lowest BCUT2D eigenvalue weighted by Gasteiger charge is -2.10. The minimum atomic E-state index is 0.693. The molecule has 0 saturated heterocycles. The fourth-order valence-corrected chi connectivity index (χ4v) is 3.27. The molecule has 0 aliphatic carbocycles. The molecule has 0 amide bonds. The quantitative estimate of drug-likeness (QED) is 0.810. The van der Waals surface area contributed by atoms with Gasteiger partial charge in [-0.3, -0.25) is 0 Å². The second kappa shape index (κ2) is 7.80. The largest absolute Gasteiger partial charge is 0.377 e. The van der Waals surface area contributed by atoms with Crippen molar-refractivity contribution in [2.24, 2.45) is 0 Å². The molecule has 0 aliphatic heterocycles. The second-order valence-electron chi connectivity index (χ2n) is 4.24. The molecule has 0 spiro atoms. The van der Waals surface area contributed by atoms with E-state index in [1.165, 1.54) is 16.0 Å². The van der Waals surface area contributed by atoms with Crippen LogP contribution in [0.3, 0.4) is 0 Å². The molecule has 2 nitrogen and oxygen atoms in total. The monoisotopic (exact) mass is 339 g/mol. The Hall–Kier alpha value is -0.680. The number of halogens is 1. The molecule has 0 fully saturated rings. The molecule has 0 aliphatic rings. The Kier molecular flexibility index (Phi) is 6.04. The van der Waals surface area contributed by atoms with Crippen LogP contribution in [0.15, 0.2) is 40.2 Å². The molecular weight excluding hydrogens is 322 g/mol. The first-order chi connectivity index (χ1) is 9.29. The third-order valence-corrected chi connectivity index (χ3v) is 4.51. The molecule has 1 aromatic heterocycles. The van der Waals surface area contributed by atoms with Crippen LogP contribution in [-0.2, 0) is 24.4 Å². The van der Waals surface area contributed by atoms with Gasteiger partial charge in [0.1, 0.15) is 0 Å². The molecule has 4 heteroatoms. The summed E-state index contributed by atoms with van der Waals surface area (Å²) >= 11 is 5.24. The molecule has 1 aromatic carbocycles. The lowest BCUT2D eigenvalue weighted by molar-refractivity contribution is 0.133. The van der Waals surface area contributed by atoms with E-state index in [-0.39, 0.29) is 0 Å². The number of ether oxygens (including phenoxy) is 1. The van der Waals surface area contributed by atoms with Crippen LogP contribution in [0.1, 0.15) is 22.9 Å². The highest BCUT2D eigenvalue weighted by molar-refractivity contribution is 9.10. The second-order valence-corrected chi connectivity index (χ2v) is 6.15. The first-order valence-electron chi connectivity index (χ1n) is 6.37. The van der Waals surface area contributed by atoms with Crippen LogP contribution in [0.4, 0.5) is 0 Å². The molecule has 0 radical (unpaired) electrons.